The average molecular weight is 404 g/mol. The molecule has 2 aromatic carbocycles. The minimum atomic E-state index is -4.05. The van der Waals surface area contributed by atoms with Gasteiger partial charge in [0.2, 0.25) is 26.6 Å². The molecule has 0 spiro atoms. The maximum Gasteiger partial charge on any atom is 0.235 e. The molecule has 0 aliphatic carbocycles. The Labute approximate surface area is 161 Å². The van der Waals surface area contributed by atoms with Crippen molar-refractivity contribution < 1.29 is 26.7 Å². The van der Waals surface area contributed by atoms with Gasteiger partial charge in [-0.2, -0.15) is 4.98 Å². The Kier molecular flexibility index (Phi) is 4.46. The zero-order valence-electron chi connectivity index (χ0n) is 15.2. The first-order valence-electron chi connectivity index (χ1n) is 8.46. The van der Waals surface area contributed by atoms with Gasteiger partial charge in [0.15, 0.2) is 11.5 Å². The molecule has 2 heterocycles. The van der Waals surface area contributed by atoms with E-state index < -0.39 is 15.7 Å². The minimum absolute atomic E-state index is 0.00754. The normalized spacial score (nSPS) is 13.4. The molecule has 0 bridgehead atoms. The molecule has 0 unspecified atom stereocenters. The Morgan fingerprint density at radius 3 is 2.46 bits per heavy atom. The van der Waals surface area contributed by atoms with Crippen LogP contribution in [-0.2, 0) is 9.84 Å². The summed E-state index contributed by atoms with van der Waals surface area (Å²) in [4.78, 5) is 5.57. The van der Waals surface area contributed by atoms with Gasteiger partial charge in [-0.25, -0.2) is 12.8 Å². The first kappa shape index (κ1) is 18.3. The summed E-state index contributed by atoms with van der Waals surface area (Å²) in [5, 5.41) is -0.299. The molecule has 0 saturated carbocycles. The lowest BCUT2D eigenvalue weighted by Gasteiger charge is -2.18. The third-order valence-corrected chi connectivity index (χ3v) is 5.82. The van der Waals surface area contributed by atoms with Crippen molar-refractivity contribution in [2.45, 2.75) is 9.92 Å². The molecule has 146 valence electrons. The van der Waals surface area contributed by atoms with Gasteiger partial charge in [0.1, 0.15) is 19.0 Å². The number of hydrogen-bond acceptors (Lipinski definition) is 7. The number of fused-ring (bicyclic) bond motifs is 1. The molecular weight excluding hydrogens is 387 g/mol. The molecule has 0 amide bonds. The highest BCUT2D eigenvalue weighted by Gasteiger charge is 2.31. The van der Waals surface area contributed by atoms with Gasteiger partial charge in [0.05, 0.1) is 10.5 Å². The van der Waals surface area contributed by atoms with Gasteiger partial charge in [-0.05, 0) is 24.3 Å². The number of hydrogen-bond donors (Lipinski definition) is 0. The number of rotatable bonds is 4. The van der Waals surface area contributed by atoms with Crippen LogP contribution in [0.25, 0.3) is 11.5 Å². The lowest BCUT2D eigenvalue weighted by molar-refractivity contribution is 0.171. The molecule has 0 fully saturated rings. The van der Waals surface area contributed by atoms with Gasteiger partial charge in [-0.3, -0.25) is 0 Å². The summed E-state index contributed by atoms with van der Waals surface area (Å²) in [5.41, 5.74) is 0.0780. The third-order valence-electron chi connectivity index (χ3n) is 4.17. The van der Waals surface area contributed by atoms with Crippen molar-refractivity contribution in [1.82, 2.24) is 4.98 Å². The summed E-state index contributed by atoms with van der Waals surface area (Å²) in [6.45, 7) is 0.736. The van der Waals surface area contributed by atoms with Gasteiger partial charge >= 0.3 is 0 Å². The van der Waals surface area contributed by atoms with Crippen molar-refractivity contribution in [1.29, 1.82) is 0 Å². The van der Waals surface area contributed by atoms with Gasteiger partial charge in [0.25, 0.3) is 0 Å². The Balaban J connectivity index is 1.84. The lowest BCUT2D eigenvalue weighted by Crippen LogP contribution is -2.16. The van der Waals surface area contributed by atoms with Gasteiger partial charge in [-0.15, -0.1) is 0 Å². The van der Waals surface area contributed by atoms with E-state index in [-0.39, 0.29) is 27.3 Å². The van der Waals surface area contributed by atoms with Crippen molar-refractivity contribution in [3.05, 3.63) is 48.3 Å². The second-order valence-corrected chi connectivity index (χ2v) is 8.18. The second-order valence-electron chi connectivity index (χ2n) is 6.31. The van der Waals surface area contributed by atoms with Crippen LogP contribution in [0.5, 0.6) is 11.5 Å². The van der Waals surface area contributed by atoms with E-state index in [1.807, 2.05) is 0 Å². The van der Waals surface area contributed by atoms with Gasteiger partial charge in [-0.1, -0.05) is 12.1 Å². The standard InChI is InChI=1S/C19H17FN2O5S/c1-22(2)19-18(21-17(27-19)13-5-3-4-6-14(13)20)28(23,24)12-7-8-15-16(11-12)26-10-9-25-15/h3-8,11H,9-10H2,1-2H3. The first-order valence-corrected chi connectivity index (χ1v) is 9.94. The summed E-state index contributed by atoms with van der Waals surface area (Å²) < 4.78 is 57.1. The van der Waals surface area contributed by atoms with E-state index >= 15 is 0 Å². The van der Waals surface area contributed by atoms with E-state index in [9.17, 15) is 12.8 Å². The number of nitrogens with zero attached hydrogens (tertiary/aromatic N) is 2. The van der Waals surface area contributed by atoms with Crippen molar-refractivity contribution >= 4 is 15.7 Å². The molecule has 1 aliphatic rings. The maximum absolute atomic E-state index is 14.1. The molecule has 0 saturated heterocycles. The molecule has 4 rings (SSSR count). The van der Waals surface area contributed by atoms with E-state index in [0.717, 1.165) is 0 Å². The number of ether oxygens (including phenoxy) is 2. The number of halogens is 1. The molecule has 3 aromatic rings. The topological polar surface area (TPSA) is 81.9 Å². The quantitative estimate of drug-likeness (QED) is 0.661. The first-order chi connectivity index (χ1) is 13.4. The fraction of sp³-hybridized carbons (Fsp3) is 0.211. The molecule has 1 aliphatic heterocycles. The third kappa shape index (κ3) is 3.07. The number of benzene rings is 2. The summed E-state index contributed by atoms with van der Waals surface area (Å²) in [7, 11) is -0.814. The fourth-order valence-corrected chi connectivity index (χ4v) is 4.20. The molecule has 0 N–H and O–H groups in total. The number of oxazole rings is 1. The largest absolute Gasteiger partial charge is 0.486 e. The molecule has 9 heteroatoms. The Hall–Kier alpha value is -3.07. The van der Waals surface area contributed by atoms with Crippen LogP contribution in [0.3, 0.4) is 0 Å². The summed E-state index contributed by atoms with van der Waals surface area (Å²) in [6, 6.07) is 10.2. The van der Waals surface area contributed by atoms with Gasteiger partial charge in [0, 0.05) is 20.2 Å². The Bertz CT molecular complexity index is 1140. The predicted molar refractivity (Wildman–Crippen MR) is 99.1 cm³/mol. The molecule has 7 nitrogen and oxygen atoms in total. The van der Waals surface area contributed by atoms with E-state index in [1.54, 1.807) is 20.2 Å². The summed E-state index contributed by atoms with van der Waals surface area (Å²) in [5.74, 6) is 0.158. The SMILES string of the molecule is CN(C)c1oc(-c2ccccc2F)nc1S(=O)(=O)c1ccc2c(c1)OCCO2. The van der Waals surface area contributed by atoms with Crippen LogP contribution in [0, 0.1) is 5.82 Å². The number of sulfone groups is 1. The molecule has 28 heavy (non-hydrogen) atoms. The van der Waals surface area contributed by atoms with Crippen LogP contribution < -0.4 is 14.4 Å². The van der Waals surface area contributed by atoms with Crippen LogP contribution in [0.4, 0.5) is 10.3 Å². The van der Waals surface area contributed by atoms with Gasteiger partial charge < -0.3 is 18.8 Å². The number of aromatic nitrogens is 1. The van der Waals surface area contributed by atoms with Crippen LogP contribution in [0.15, 0.2) is 56.8 Å². The highest BCUT2D eigenvalue weighted by Crippen LogP contribution is 2.38. The molecule has 0 atom stereocenters. The van der Waals surface area contributed by atoms with Crippen LogP contribution >= 0.6 is 0 Å². The lowest BCUT2D eigenvalue weighted by atomic mass is 10.2. The second kappa shape index (κ2) is 6.83. The Morgan fingerprint density at radius 2 is 1.75 bits per heavy atom. The van der Waals surface area contributed by atoms with Crippen LogP contribution in [0.2, 0.25) is 0 Å². The highest BCUT2D eigenvalue weighted by molar-refractivity contribution is 7.91. The smallest absolute Gasteiger partial charge is 0.235 e. The zero-order valence-corrected chi connectivity index (χ0v) is 16.0. The van der Waals surface area contributed by atoms with Crippen LogP contribution in [0.1, 0.15) is 0 Å². The van der Waals surface area contributed by atoms with Crippen molar-refractivity contribution in [2.75, 3.05) is 32.2 Å². The van der Waals surface area contributed by atoms with Crippen LogP contribution in [-0.4, -0.2) is 40.7 Å². The average Bonchev–Trinajstić information content (AvgIpc) is 3.14. The molecule has 0 radical (unpaired) electrons. The van der Waals surface area contributed by atoms with E-state index in [1.165, 1.54) is 41.3 Å². The Morgan fingerprint density at radius 1 is 1.04 bits per heavy atom. The monoisotopic (exact) mass is 404 g/mol. The van der Waals surface area contributed by atoms with Crippen molar-refractivity contribution in [3.63, 3.8) is 0 Å². The van der Waals surface area contributed by atoms with Crippen molar-refractivity contribution in [2.24, 2.45) is 0 Å². The van der Waals surface area contributed by atoms with E-state index in [2.05, 4.69) is 4.98 Å². The predicted octanol–water partition coefficient (Wildman–Crippen LogP) is 3.15. The number of anilines is 1. The van der Waals surface area contributed by atoms with E-state index in [4.69, 9.17) is 13.9 Å². The minimum Gasteiger partial charge on any atom is -0.486 e. The summed E-state index contributed by atoms with van der Waals surface area (Å²) in [6.07, 6.45) is 0. The molecule has 1 aromatic heterocycles. The van der Waals surface area contributed by atoms with Crippen molar-refractivity contribution in [3.8, 4) is 23.0 Å². The molecular formula is C19H17FN2O5S. The maximum atomic E-state index is 14.1. The zero-order chi connectivity index (χ0) is 19.9. The fourth-order valence-electron chi connectivity index (χ4n) is 2.81. The highest BCUT2D eigenvalue weighted by atomic mass is 32.2. The van der Waals surface area contributed by atoms with E-state index in [0.29, 0.717) is 24.7 Å². The summed E-state index contributed by atoms with van der Waals surface area (Å²) >= 11 is 0.